The summed E-state index contributed by atoms with van der Waals surface area (Å²) in [7, 11) is 0. The summed E-state index contributed by atoms with van der Waals surface area (Å²) in [5.41, 5.74) is 2.16. The van der Waals surface area contributed by atoms with Crippen LogP contribution >= 0.6 is 0 Å². The molecular formula is C13H13N3O2. The number of phenols is 1. The molecule has 0 fully saturated rings. The molecule has 0 aliphatic heterocycles. The quantitative estimate of drug-likeness (QED) is 0.846. The molecule has 2 aromatic rings. The van der Waals surface area contributed by atoms with Crippen LogP contribution in [-0.2, 0) is 0 Å². The molecule has 5 heteroatoms. The van der Waals surface area contributed by atoms with Crippen molar-refractivity contribution in [2.75, 3.05) is 5.32 Å². The van der Waals surface area contributed by atoms with Crippen molar-refractivity contribution < 1.29 is 9.90 Å². The van der Waals surface area contributed by atoms with Crippen LogP contribution in [0.2, 0.25) is 0 Å². The van der Waals surface area contributed by atoms with E-state index in [1.807, 2.05) is 0 Å². The first kappa shape index (κ1) is 12.0. The van der Waals surface area contributed by atoms with Gasteiger partial charge < -0.3 is 10.4 Å². The highest BCUT2D eigenvalue weighted by molar-refractivity contribution is 6.03. The van der Waals surface area contributed by atoms with Crippen molar-refractivity contribution in [2.24, 2.45) is 0 Å². The average Bonchev–Trinajstić information content (AvgIpc) is 2.36. The number of hydrogen-bond donors (Lipinski definition) is 2. The lowest BCUT2D eigenvalue weighted by atomic mass is 10.2. The predicted octanol–water partition coefficient (Wildman–Crippen LogP) is 2.05. The van der Waals surface area contributed by atoms with Gasteiger partial charge in [-0.15, -0.1) is 0 Å². The fraction of sp³-hybridized carbons (Fsp3) is 0.154. The summed E-state index contributed by atoms with van der Waals surface area (Å²) in [6, 6.07) is 4.95. The van der Waals surface area contributed by atoms with E-state index in [1.165, 1.54) is 12.4 Å². The van der Waals surface area contributed by atoms with Gasteiger partial charge in [0.1, 0.15) is 11.4 Å². The fourth-order valence-corrected chi connectivity index (χ4v) is 1.46. The van der Waals surface area contributed by atoms with Gasteiger partial charge in [-0.05, 0) is 26.0 Å². The number of amides is 1. The lowest BCUT2D eigenvalue weighted by Gasteiger charge is -2.08. The van der Waals surface area contributed by atoms with E-state index >= 15 is 0 Å². The Kier molecular flexibility index (Phi) is 3.23. The summed E-state index contributed by atoms with van der Waals surface area (Å²) in [6.45, 7) is 3.53. The molecule has 0 aliphatic carbocycles. The highest BCUT2D eigenvalue weighted by Crippen LogP contribution is 2.24. The van der Waals surface area contributed by atoms with Crippen LogP contribution in [0.25, 0.3) is 0 Å². The van der Waals surface area contributed by atoms with Crippen LogP contribution in [0.3, 0.4) is 0 Å². The van der Waals surface area contributed by atoms with Gasteiger partial charge in [0.2, 0.25) is 0 Å². The summed E-state index contributed by atoms with van der Waals surface area (Å²) in [4.78, 5) is 19.9. The Balaban J connectivity index is 2.21. The lowest BCUT2D eigenvalue weighted by molar-refractivity contribution is 0.102. The Morgan fingerprint density at radius 2 is 2.00 bits per heavy atom. The number of rotatable bonds is 2. The van der Waals surface area contributed by atoms with E-state index in [4.69, 9.17) is 0 Å². The van der Waals surface area contributed by atoms with Gasteiger partial charge in [0.05, 0.1) is 11.9 Å². The molecule has 0 bridgehead atoms. The monoisotopic (exact) mass is 243 g/mol. The van der Waals surface area contributed by atoms with Crippen LogP contribution < -0.4 is 5.32 Å². The molecule has 0 saturated carbocycles. The molecule has 0 saturated heterocycles. The summed E-state index contributed by atoms with van der Waals surface area (Å²) >= 11 is 0. The summed E-state index contributed by atoms with van der Waals surface area (Å²) in [5.74, 6) is -0.209. The van der Waals surface area contributed by atoms with Crippen molar-refractivity contribution in [1.82, 2.24) is 9.97 Å². The number of carbonyl (C=O) groups excluding carboxylic acids is 1. The lowest BCUT2D eigenvalue weighted by Crippen LogP contribution is -2.14. The minimum absolute atomic E-state index is 0.141. The van der Waals surface area contributed by atoms with Crippen molar-refractivity contribution in [3.63, 3.8) is 0 Å². The second-order valence-electron chi connectivity index (χ2n) is 3.95. The zero-order valence-electron chi connectivity index (χ0n) is 10.1. The van der Waals surface area contributed by atoms with Gasteiger partial charge in [0.15, 0.2) is 0 Å². The Labute approximate surface area is 105 Å². The van der Waals surface area contributed by atoms with Crippen LogP contribution in [0.1, 0.15) is 21.7 Å². The maximum absolute atomic E-state index is 11.9. The van der Waals surface area contributed by atoms with Gasteiger partial charge in [-0.2, -0.15) is 0 Å². The van der Waals surface area contributed by atoms with Gasteiger partial charge in [0, 0.05) is 17.4 Å². The highest BCUT2D eigenvalue weighted by atomic mass is 16.3. The molecular weight excluding hydrogens is 230 g/mol. The Hall–Kier alpha value is -2.43. The number of nitrogens with zero attached hydrogens (tertiary/aromatic N) is 2. The molecule has 1 aromatic carbocycles. The Bertz CT molecular complexity index is 579. The first-order valence-electron chi connectivity index (χ1n) is 5.46. The SMILES string of the molecule is Cc1cnc(C(=O)Nc2cccc(O)c2C)cn1. The van der Waals surface area contributed by atoms with E-state index in [-0.39, 0.29) is 17.4 Å². The van der Waals surface area contributed by atoms with Gasteiger partial charge in [-0.25, -0.2) is 4.98 Å². The van der Waals surface area contributed by atoms with Crippen molar-refractivity contribution in [3.8, 4) is 5.75 Å². The molecule has 2 N–H and O–H groups in total. The molecule has 5 nitrogen and oxygen atoms in total. The largest absolute Gasteiger partial charge is 0.508 e. The van der Waals surface area contributed by atoms with Gasteiger partial charge in [-0.1, -0.05) is 6.07 Å². The molecule has 1 heterocycles. The van der Waals surface area contributed by atoms with Gasteiger partial charge in [-0.3, -0.25) is 9.78 Å². The second-order valence-corrected chi connectivity index (χ2v) is 3.95. The topological polar surface area (TPSA) is 75.1 Å². The molecule has 0 atom stereocenters. The highest BCUT2D eigenvalue weighted by Gasteiger charge is 2.10. The van der Waals surface area contributed by atoms with E-state index < -0.39 is 0 Å². The molecule has 18 heavy (non-hydrogen) atoms. The average molecular weight is 243 g/mol. The normalized spacial score (nSPS) is 10.1. The molecule has 2 rings (SSSR count). The molecule has 1 amide bonds. The standard InChI is InChI=1S/C13H13N3O2/c1-8-6-15-11(7-14-8)13(18)16-10-4-3-5-12(17)9(10)2/h3-7,17H,1-2H3,(H,16,18). The van der Waals surface area contributed by atoms with E-state index in [9.17, 15) is 9.90 Å². The third-order valence-corrected chi connectivity index (χ3v) is 2.57. The predicted molar refractivity (Wildman–Crippen MR) is 67.6 cm³/mol. The van der Waals surface area contributed by atoms with Crippen LogP contribution in [0, 0.1) is 13.8 Å². The third-order valence-electron chi connectivity index (χ3n) is 2.57. The number of aromatic hydroxyl groups is 1. The maximum atomic E-state index is 11.9. The van der Waals surface area contributed by atoms with Crippen LogP contribution in [-0.4, -0.2) is 21.0 Å². The minimum Gasteiger partial charge on any atom is -0.508 e. The number of nitrogens with one attached hydrogen (secondary N) is 1. The zero-order valence-corrected chi connectivity index (χ0v) is 10.1. The molecule has 0 aliphatic rings. The van der Waals surface area contributed by atoms with Crippen molar-refractivity contribution in [2.45, 2.75) is 13.8 Å². The number of aryl methyl sites for hydroxylation is 1. The van der Waals surface area contributed by atoms with E-state index in [0.29, 0.717) is 11.3 Å². The van der Waals surface area contributed by atoms with Crippen LogP contribution in [0.5, 0.6) is 5.75 Å². The Morgan fingerprint density at radius 1 is 1.22 bits per heavy atom. The molecule has 0 unspecified atom stereocenters. The number of hydrogen-bond acceptors (Lipinski definition) is 4. The number of aromatic nitrogens is 2. The van der Waals surface area contributed by atoms with Crippen molar-refractivity contribution in [1.29, 1.82) is 0 Å². The molecule has 0 spiro atoms. The van der Waals surface area contributed by atoms with Crippen molar-refractivity contribution in [3.05, 3.63) is 47.5 Å². The van der Waals surface area contributed by atoms with E-state index in [2.05, 4.69) is 15.3 Å². The van der Waals surface area contributed by atoms with Crippen LogP contribution in [0.4, 0.5) is 5.69 Å². The fourth-order valence-electron chi connectivity index (χ4n) is 1.46. The summed E-state index contributed by atoms with van der Waals surface area (Å²) in [6.07, 6.45) is 2.95. The number of benzene rings is 1. The molecule has 92 valence electrons. The first-order valence-corrected chi connectivity index (χ1v) is 5.46. The smallest absolute Gasteiger partial charge is 0.275 e. The van der Waals surface area contributed by atoms with Gasteiger partial charge >= 0.3 is 0 Å². The summed E-state index contributed by atoms with van der Waals surface area (Å²) in [5, 5.41) is 12.2. The van der Waals surface area contributed by atoms with Crippen molar-refractivity contribution >= 4 is 11.6 Å². The third kappa shape index (κ3) is 2.45. The number of phenolic OH excluding ortho intramolecular Hbond substituents is 1. The van der Waals surface area contributed by atoms with E-state index in [1.54, 1.807) is 32.0 Å². The van der Waals surface area contributed by atoms with Gasteiger partial charge in [0.25, 0.3) is 5.91 Å². The second kappa shape index (κ2) is 4.83. The number of carbonyl (C=O) groups is 1. The minimum atomic E-state index is -0.351. The number of anilines is 1. The van der Waals surface area contributed by atoms with Crippen LogP contribution in [0.15, 0.2) is 30.6 Å². The zero-order chi connectivity index (χ0) is 13.1. The maximum Gasteiger partial charge on any atom is 0.275 e. The summed E-state index contributed by atoms with van der Waals surface area (Å²) < 4.78 is 0. The molecule has 1 aromatic heterocycles. The first-order chi connectivity index (χ1) is 8.58. The molecule has 0 radical (unpaired) electrons. The Morgan fingerprint density at radius 3 is 2.67 bits per heavy atom. The van der Waals surface area contributed by atoms with E-state index in [0.717, 1.165) is 5.69 Å².